The lowest BCUT2D eigenvalue weighted by atomic mass is 10.1. The number of nitrogens with zero attached hydrogens (tertiary/aromatic N) is 2. The number of hydrogen-bond donors (Lipinski definition) is 1. The summed E-state index contributed by atoms with van der Waals surface area (Å²) in [6.07, 6.45) is 0.280. The fraction of sp³-hybridized carbons (Fsp3) is 0.222. The normalized spacial score (nSPS) is 13.1. The molecule has 0 atom stereocenters. The number of ether oxygens (including phenoxy) is 2. The summed E-state index contributed by atoms with van der Waals surface area (Å²) >= 11 is 0. The molecule has 1 aliphatic rings. The van der Waals surface area contributed by atoms with Gasteiger partial charge in [-0.2, -0.15) is 4.98 Å². The molecule has 0 amide bonds. The van der Waals surface area contributed by atoms with E-state index in [9.17, 15) is 8.42 Å². The molecule has 140 valence electrons. The summed E-state index contributed by atoms with van der Waals surface area (Å²) in [7, 11) is -3.68. The molecular weight excluding hydrogens is 370 g/mol. The highest BCUT2D eigenvalue weighted by atomic mass is 32.2. The molecule has 0 saturated heterocycles. The quantitative estimate of drug-likeness (QED) is 0.692. The number of fused-ring (bicyclic) bond motifs is 1. The molecule has 3 aromatic rings. The Morgan fingerprint density at radius 1 is 1.11 bits per heavy atom. The van der Waals surface area contributed by atoms with Crippen LogP contribution < -0.4 is 14.2 Å². The standard InChI is InChI=1S/C18H17N3O5S/c1-12-3-2-4-13(9-12)18-20-17(26-21-18)7-8-19-27(22,23)14-5-6-15-16(10-14)25-11-24-15/h2-6,9-10,19H,7-8,11H2,1H3. The fourth-order valence-corrected chi connectivity index (χ4v) is 3.72. The van der Waals surface area contributed by atoms with Crippen molar-refractivity contribution in [3.05, 3.63) is 53.9 Å². The topological polar surface area (TPSA) is 104 Å². The number of sulfonamides is 1. The Hall–Kier alpha value is -2.91. The van der Waals surface area contributed by atoms with Gasteiger partial charge in [0.1, 0.15) is 0 Å². The molecule has 0 aliphatic carbocycles. The molecule has 0 radical (unpaired) electrons. The van der Waals surface area contributed by atoms with Gasteiger partial charge >= 0.3 is 0 Å². The van der Waals surface area contributed by atoms with Gasteiger partial charge in [0.15, 0.2) is 11.5 Å². The Morgan fingerprint density at radius 2 is 1.96 bits per heavy atom. The maximum Gasteiger partial charge on any atom is 0.240 e. The molecule has 27 heavy (non-hydrogen) atoms. The van der Waals surface area contributed by atoms with Gasteiger partial charge < -0.3 is 14.0 Å². The van der Waals surface area contributed by atoms with E-state index in [0.717, 1.165) is 11.1 Å². The van der Waals surface area contributed by atoms with E-state index in [-0.39, 0.29) is 24.7 Å². The fourth-order valence-electron chi connectivity index (χ4n) is 2.68. The van der Waals surface area contributed by atoms with Crippen molar-refractivity contribution in [1.29, 1.82) is 0 Å². The minimum absolute atomic E-state index is 0.0900. The second-order valence-electron chi connectivity index (χ2n) is 6.04. The van der Waals surface area contributed by atoms with Crippen LogP contribution in [0, 0.1) is 6.92 Å². The summed E-state index contributed by atoms with van der Waals surface area (Å²) in [5, 5.41) is 3.95. The summed E-state index contributed by atoms with van der Waals surface area (Å²) in [5.74, 6) is 1.79. The van der Waals surface area contributed by atoms with Crippen molar-refractivity contribution in [3.8, 4) is 22.9 Å². The second kappa shape index (κ2) is 7.01. The molecule has 0 spiro atoms. The Bertz CT molecular complexity index is 1080. The zero-order chi connectivity index (χ0) is 18.9. The van der Waals surface area contributed by atoms with Gasteiger partial charge in [-0.3, -0.25) is 0 Å². The third kappa shape index (κ3) is 3.79. The number of aromatic nitrogens is 2. The van der Waals surface area contributed by atoms with Crippen LogP contribution in [0.3, 0.4) is 0 Å². The SMILES string of the molecule is Cc1cccc(-c2noc(CCNS(=O)(=O)c3ccc4c(c3)OCO4)n2)c1. The van der Waals surface area contributed by atoms with Crippen LogP contribution in [0.4, 0.5) is 0 Å². The highest BCUT2D eigenvalue weighted by Crippen LogP contribution is 2.33. The maximum atomic E-state index is 12.4. The molecule has 0 fully saturated rings. The molecule has 2 heterocycles. The highest BCUT2D eigenvalue weighted by molar-refractivity contribution is 7.89. The molecule has 1 aromatic heterocycles. The number of nitrogens with one attached hydrogen (secondary N) is 1. The van der Waals surface area contributed by atoms with Crippen molar-refractivity contribution < 1.29 is 22.4 Å². The first-order valence-corrected chi connectivity index (χ1v) is 9.78. The van der Waals surface area contributed by atoms with E-state index in [4.69, 9.17) is 14.0 Å². The molecule has 8 nitrogen and oxygen atoms in total. The Balaban J connectivity index is 1.39. The summed E-state index contributed by atoms with van der Waals surface area (Å²) in [6.45, 7) is 2.20. The average molecular weight is 387 g/mol. The number of hydrogen-bond acceptors (Lipinski definition) is 7. The first-order chi connectivity index (χ1) is 13.0. The van der Waals surface area contributed by atoms with E-state index < -0.39 is 10.0 Å². The van der Waals surface area contributed by atoms with Crippen molar-refractivity contribution in [2.75, 3.05) is 13.3 Å². The maximum absolute atomic E-state index is 12.4. The largest absolute Gasteiger partial charge is 0.454 e. The second-order valence-corrected chi connectivity index (χ2v) is 7.81. The van der Waals surface area contributed by atoms with E-state index in [1.54, 1.807) is 6.07 Å². The Labute approximate surface area is 156 Å². The third-order valence-electron chi connectivity index (χ3n) is 4.03. The third-order valence-corrected chi connectivity index (χ3v) is 5.49. The van der Waals surface area contributed by atoms with Crippen LogP contribution in [0.1, 0.15) is 11.5 Å². The van der Waals surface area contributed by atoms with Crippen LogP contribution in [0.15, 0.2) is 51.9 Å². The summed E-state index contributed by atoms with van der Waals surface area (Å²) in [6, 6.07) is 12.2. The molecule has 9 heteroatoms. The van der Waals surface area contributed by atoms with Crippen LogP contribution in [0.5, 0.6) is 11.5 Å². The average Bonchev–Trinajstić information content (AvgIpc) is 3.30. The Morgan fingerprint density at radius 3 is 2.81 bits per heavy atom. The van der Waals surface area contributed by atoms with Gasteiger partial charge in [0.25, 0.3) is 0 Å². The van der Waals surface area contributed by atoms with Gasteiger partial charge in [0.05, 0.1) is 4.90 Å². The minimum atomic E-state index is -3.68. The Kier molecular flexibility index (Phi) is 4.54. The van der Waals surface area contributed by atoms with Crippen molar-refractivity contribution in [2.45, 2.75) is 18.2 Å². The van der Waals surface area contributed by atoms with Crippen LogP contribution in [0.2, 0.25) is 0 Å². The predicted octanol–water partition coefficient (Wildman–Crippen LogP) is 2.29. The first-order valence-electron chi connectivity index (χ1n) is 8.30. The number of aryl methyl sites for hydroxylation is 1. The molecule has 4 rings (SSSR count). The monoisotopic (exact) mass is 387 g/mol. The summed E-state index contributed by atoms with van der Waals surface area (Å²) in [4.78, 5) is 4.42. The molecule has 1 aliphatic heterocycles. The highest BCUT2D eigenvalue weighted by Gasteiger charge is 2.20. The smallest absolute Gasteiger partial charge is 0.240 e. The zero-order valence-corrected chi connectivity index (χ0v) is 15.3. The predicted molar refractivity (Wildman–Crippen MR) is 95.9 cm³/mol. The number of rotatable bonds is 6. The minimum Gasteiger partial charge on any atom is -0.454 e. The van der Waals surface area contributed by atoms with Crippen LogP contribution >= 0.6 is 0 Å². The lowest BCUT2D eigenvalue weighted by Crippen LogP contribution is -2.26. The van der Waals surface area contributed by atoms with Crippen molar-refractivity contribution in [3.63, 3.8) is 0 Å². The van der Waals surface area contributed by atoms with Crippen LogP contribution in [0.25, 0.3) is 11.4 Å². The van der Waals surface area contributed by atoms with Gasteiger partial charge in [0, 0.05) is 24.6 Å². The van der Waals surface area contributed by atoms with E-state index in [1.165, 1.54) is 12.1 Å². The van der Waals surface area contributed by atoms with Gasteiger partial charge in [-0.05, 0) is 25.1 Å². The molecular formula is C18H17N3O5S. The summed E-state index contributed by atoms with van der Waals surface area (Å²) < 4.78 is 43.0. The van der Waals surface area contributed by atoms with E-state index >= 15 is 0 Å². The van der Waals surface area contributed by atoms with Gasteiger partial charge in [-0.1, -0.05) is 28.9 Å². The van der Waals surface area contributed by atoms with E-state index in [2.05, 4.69) is 14.9 Å². The van der Waals surface area contributed by atoms with Gasteiger partial charge in [-0.15, -0.1) is 0 Å². The lowest BCUT2D eigenvalue weighted by Gasteiger charge is -2.06. The molecule has 0 saturated carbocycles. The summed E-state index contributed by atoms with van der Waals surface area (Å²) in [5.41, 5.74) is 1.95. The van der Waals surface area contributed by atoms with Gasteiger partial charge in [-0.25, -0.2) is 13.1 Å². The van der Waals surface area contributed by atoms with Crippen molar-refractivity contribution in [1.82, 2.24) is 14.9 Å². The van der Waals surface area contributed by atoms with E-state index in [1.807, 2.05) is 31.2 Å². The van der Waals surface area contributed by atoms with Crippen molar-refractivity contribution in [2.24, 2.45) is 0 Å². The van der Waals surface area contributed by atoms with Crippen LogP contribution in [-0.2, 0) is 16.4 Å². The van der Waals surface area contributed by atoms with Crippen LogP contribution in [-0.4, -0.2) is 31.9 Å². The van der Waals surface area contributed by atoms with E-state index in [0.29, 0.717) is 23.2 Å². The van der Waals surface area contributed by atoms with Gasteiger partial charge in [0.2, 0.25) is 28.5 Å². The van der Waals surface area contributed by atoms with Crippen molar-refractivity contribution >= 4 is 10.0 Å². The first kappa shape index (κ1) is 17.5. The molecule has 0 bridgehead atoms. The lowest BCUT2D eigenvalue weighted by molar-refractivity contribution is 0.174. The molecule has 2 aromatic carbocycles. The zero-order valence-electron chi connectivity index (χ0n) is 14.5. The number of benzene rings is 2. The molecule has 0 unspecified atom stereocenters. The molecule has 1 N–H and O–H groups in total.